The molecule has 0 aromatic heterocycles. The first kappa shape index (κ1) is 45.6. The van der Waals surface area contributed by atoms with E-state index in [1.54, 1.807) is 18.2 Å². The van der Waals surface area contributed by atoms with Crippen molar-refractivity contribution in [3.8, 4) is 16.9 Å². The summed E-state index contributed by atoms with van der Waals surface area (Å²) in [5, 5.41) is 20.5. The van der Waals surface area contributed by atoms with Gasteiger partial charge in [0.1, 0.15) is 19.0 Å². The zero-order chi connectivity index (χ0) is 41.0. The van der Waals surface area contributed by atoms with E-state index in [4.69, 9.17) is 52.8 Å². The molecule has 3 aromatic rings. The Hall–Kier alpha value is -5.13. The maximum atomic E-state index is 12.3. The molecule has 15 nitrogen and oxygen atoms in total. The molecule has 0 spiro atoms. The van der Waals surface area contributed by atoms with Crippen molar-refractivity contribution in [1.29, 1.82) is 0 Å². The third-order valence-corrected chi connectivity index (χ3v) is 8.44. The molecular formula is C43H53NO14. The molecule has 0 aliphatic heterocycles. The van der Waals surface area contributed by atoms with Crippen LogP contribution in [0.2, 0.25) is 0 Å². The van der Waals surface area contributed by atoms with Crippen LogP contribution in [0.1, 0.15) is 28.2 Å². The average molecular weight is 808 g/mol. The molecule has 3 aromatic carbocycles. The minimum Gasteiger partial charge on any atom is -0.491 e. The molecule has 1 aliphatic rings. The zero-order valence-electron chi connectivity index (χ0n) is 32.6. The van der Waals surface area contributed by atoms with Gasteiger partial charge in [-0.1, -0.05) is 60.7 Å². The van der Waals surface area contributed by atoms with Gasteiger partial charge in [-0.2, -0.15) is 0 Å². The summed E-state index contributed by atoms with van der Waals surface area (Å²) in [5.74, 6) is -1.75. The molecule has 15 heteroatoms. The summed E-state index contributed by atoms with van der Waals surface area (Å²) >= 11 is 0. The number of aliphatic carboxylic acids is 2. The quantitative estimate of drug-likeness (QED) is 0.0588. The second kappa shape index (κ2) is 27.5. The van der Waals surface area contributed by atoms with Crippen LogP contribution in [0, 0.1) is 0 Å². The molecule has 0 saturated carbocycles. The maximum Gasteiger partial charge on any atom is 0.407 e. The first-order valence-corrected chi connectivity index (χ1v) is 19.1. The number of fused-ring (bicyclic) bond motifs is 3. The summed E-state index contributed by atoms with van der Waals surface area (Å²) in [6, 6.07) is 21.4. The number of hydrogen-bond acceptors (Lipinski definition) is 12. The van der Waals surface area contributed by atoms with Crippen molar-refractivity contribution in [2.75, 3.05) is 112 Å². The van der Waals surface area contributed by atoms with Crippen LogP contribution in [0.3, 0.4) is 0 Å². The van der Waals surface area contributed by atoms with Crippen LogP contribution in [0.15, 0.2) is 78.9 Å². The molecule has 1 aliphatic carbocycles. The number of carboxylic acid groups (broad SMARTS) is 2. The van der Waals surface area contributed by atoms with E-state index in [2.05, 4.69) is 29.6 Å². The third-order valence-electron chi connectivity index (χ3n) is 8.44. The zero-order valence-corrected chi connectivity index (χ0v) is 32.6. The van der Waals surface area contributed by atoms with Crippen LogP contribution < -0.4 is 10.1 Å². The smallest absolute Gasteiger partial charge is 0.407 e. The molecule has 4 rings (SSSR count). The molecule has 0 heterocycles. The van der Waals surface area contributed by atoms with Crippen LogP contribution >= 0.6 is 0 Å². The van der Waals surface area contributed by atoms with Gasteiger partial charge in [0.25, 0.3) is 0 Å². The lowest BCUT2D eigenvalue weighted by atomic mass is 9.98. The largest absolute Gasteiger partial charge is 0.491 e. The molecule has 1 amide bonds. The maximum absolute atomic E-state index is 12.3. The van der Waals surface area contributed by atoms with Crippen LogP contribution in [0.4, 0.5) is 4.79 Å². The van der Waals surface area contributed by atoms with Gasteiger partial charge in [0, 0.05) is 30.2 Å². The summed E-state index contributed by atoms with van der Waals surface area (Å²) in [4.78, 5) is 34.0. The Balaban J connectivity index is 0.863. The van der Waals surface area contributed by atoms with Crippen molar-refractivity contribution >= 4 is 30.2 Å². The Morgan fingerprint density at radius 2 is 1.00 bits per heavy atom. The summed E-state index contributed by atoms with van der Waals surface area (Å²) in [6.07, 6.45) is 4.35. The van der Waals surface area contributed by atoms with Gasteiger partial charge in [0.05, 0.1) is 92.5 Å². The standard InChI is InChI=1S/C43H53NO14/c45-41(46)13-10-33-9-11-34(12-14-42(47)48)40(31-33)57-30-29-56-28-27-55-26-25-54-24-23-53-22-21-52-20-19-51-18-17-50-16-15-44-43(49)58-32-39-37-7-3-1-5-35(37)36-6-2-4-8-38(36)39/h1-14,31,39H,15-30,32H2,(H,44,49)(H,45,46)(H,47,48)/b13-10+,14-12+. The minimum absolute atomic E-state index is 0.0219. The molecule has 58 heavy (non-hydrogen) atoms. The predicted octanol–water partition coefficient (Wildman–Crippen LogP) is 4.92. The van der Waals surface area contributed by atoms with Crippen molar-refractivity contribution in [2.45, 2.75) is 5.92 Å². The monoisotopic (exact) mass is 807 g/mol. The number of rotatable bonds is 31. The van der Waals surface area contributed by atoms with E-state index in [0.717, 1.165) is 12.2 Å². The van der Waals surface area contributed by atoms with Gasteiger partial charge in [-0.15, -0.1) is 0 Å². The lowest BCUT2D eigenvalue weighted by Gasteiger charge is -2.14. The number of carbonyl (C=O) groups is 3. The van der Waals surface area contributed by atoms with E-state index in [1.165, 1.54) is 34.4 Å². The summed E-state index contributed by atoms with van der Waals surface area (Å²) in [7, 11) is 0. The van der Waals surface area contributed by atoms with Crippen LogP contribution in [0.25, 0.3) is 23.3 Å². The molecule has 314 valence electrons. The highest BCUT2D eigenvalue weighted by Crippen LogP contribution is 2.44. The molecule has 0 unspecified atom stereocenters. The summed E-state index contributed by atoms with van der Waals surface area (Å²) in [5.41, 5.74) is 5.86. The number of carbonyl (C=O) groups excluding carboxylic acids is 1. The number of nitrogens with one attached hydrogen (secondary N) is 1. The van der Waals surface area contributed by atoms with Crippen molar-refractivity contribution in [3.05, 3.63) is 101 Å². The fraction of sp³-hybridized carbons (Fsp3) is 0.419. The van der Waals surface area contributed by atoms with Gasteiger partial charge < -0.3 is 58.2 Å². The average Bonchev–Trinajstić information content (AvgIpc) is 3.55. The van der Waals surface area contributed by atoms with Gasteiger partial charge in [-0.05, 0) is 46.0 Å². The van der Waals surface area contributed by atoms with Gasteiger partial charge >= 0.3 is 18.0 Å². The SMILES string of the molecule is O=C(O)/C=C/c1ccc(/C=C/C(=O)O)c(OCCOCCOCCOCCOCCOCCOCCOCCNC(=O)OCC2c3ccccc3-c3ccccc32)c1. The minimum atomic E-state index is -1.10. The van der Waals surface area contributed by atoms with Crippen molar-refractivity contribution in [3.63, 3.8) is 0 Å². The number of amides is 1. The fourth-order valence-corrected chi connectivity index (χ4v) is 5.75. The highest BCUT2D eigenvalue weighted by atomic mass is 16.6. The van der Waals surface area contributed by atoms with Crippen molar-refractivity contribution in [1.82, 2.24) is 5.32 Å². The van der Waals surface area contributed by atoms with E-state index < -0.39 is 18.0 Å². The normalized spacial score (nSPS) is 12.2. The predicted molar refractivity (Wildman–Crippen MR) is 214 cm³/mol. The Bertz CT molecular complexity index is 1700. The van der Waals surface area contributed by atoms with Crippen LogP contribution in [0.5, 0.6) is 5.75 Å². The van der Waals surface area contributed by atoms with E-state index in [9.17, 15) is 14.4 Å². The summed E-state index contributed by atoms with van der Waals surface area (Å²) < 4.78 is 49.8. The number of ether oxygens (including phenoxy) is 9. The fourth-order valence-electron chi connectivity index (χ4n) is 5.75. The van der Waals surface area contributed by atoms with E-state index in [0.29, 0.717) is 109 Å². The topological polar surface area (TPSA) is 187 Å². The number of alkyl carbamates (subject to hydrolysis) is 1. The molecule has 0 saturated heterocycles. The van der Waals surface area contributed by atoms with Gasteiger partial charge in [0.2, 0.25) is 0 Å². The van der Waals surface area contributed by atoms with Crippen LogP contribution in [-0.4, -0.2) is 140 Å². The van der Waals surface area contributed by atoms with E-state index >= 15 is 0 Å². The summed E-state index contributed by atoms with van der Waals surface area (Å²) in [6.45, 7) is 6.41. The van der Waals surface area contributed by atoms with Gasteiger partial charge in [-0.3, -0.25) is 0 Å². The van der Waals surface area contributed by atoms with Crippen molar-refractivity contribution in [2.24, 2.45) is 0 Å². The molecule has 0 radical (unpaired) electrons. The second-order valence-corrected chi connectivity index (χ2v) is 12.5. The first-order chi connectivity index (χ1) is 28.4. The third kappa shape index (κ3) is 17.6. The Morgan fingerprint density at radius 1 is 0.552 bits per heavy atom. The first-order valence-electron chi connectivity index (χ1n) is 19.1. The Kier molecular flexibility index (Phi) is 21.6. The highest BCUT2D eigenvalue weighted by Gasteiger charge is 2.29. The Labute approximate surface area is 338 Å². The molecule has 0 atom stereocenters. The molecular weight excluding hydrogens is 754 g/mol. The second-order valence-electron chi connectivity index (χ2n) is 12.5. The molecule has 3 N–H and O–H groups in total. The van der Waals surface area contributed by atoms with Gasteiger partial charge in [0.15, 0.2) is 0 Å². The number of benzene rings is 3. The lowest BCUT2D eigenvalue weighted by molar-refractivity contribution is -0.132. The van der Waals surface area contributed by atoms with E-state index in [1.807, 2.05) is 24.3 Å². The molecule has 0 fully saturated rings. The van der Waals surface area contributed by atoms with E-state index in [-0.39, 0.29) is 25.7 Å². The lowest BCUT2D eigenvalue weighted by Crippen LogP contribution is -2.29. The number of carboxylic acids is 2. The van der Waals surface area contributed by atoms with Gasteiger partial charge in [-0.25, -0.2) is 14.4 Å². The van der Waals surface area contributed by atoms with Crippen molar-refractivity contribution < 1.29 is 67.2 Å². The highest BCUT2D eigenvalue weighted by molar-refractivity contribution is 5.87. The molecule has 0 bridgehead atoms. The Morgan fingerprint density at radius 3 is 1.50 bits per heavy atom. The van der Waals surface area contributed by atoms with Crippen LogP contribution in [-0.2, 0) is 47.5 Å². The number of hydrogen-bond donors (Lipinski definition) is 3.